The monoisotopic (exact) mass is 488 g/mol. The van der Waals surface area contributed by atoms with E-state index in [0.29, 0.717) is 5.75 Å². The molecule has 0 N–H and O–H groups in total. The lowest BCUT2D eigenvalue weighted by molar-refractivity contribution is -0.128. The van der Waals surface area contributed by atoms with Crippen LogP contribution < -0.4 is 14.5 Å². The fourth-order valence-electron chi connectivity index (χ4n) is 4.26. The molecule has 4 aromatic rings. The Morgan fingerprint density at radius 3 is 1.65 bits per heavy atom. The smallest absolute Gasteiger partial charge is 0.335 e. The molecule has 0 fully saturated rings. The predicted octanol–water partition coefficient (Wildman–Crippen LogP) is 6.92. The van der Waals surface area contributed by atoms with E-state index in [9.17, 15) is 4.79 Å². The summed E-state index contributed by atoms with van der Waals surface area (Å²) in [6, 6.07) is 35.1. The molecule has 4 rings (SSSR count). The van der Waals surface area contributed by atoms with Gasteiger partial charge < -0.3 is 14.5 Å². The molecule has 37 heavy (non-hydrogen) atoms. The second-order valence-corrected chi connectivity index (χ2v) is 9.12. The van der Waals surface area contributed by atoms with Gasteiger partial charge in [0.15, 0.2) is 0 Å². The zero-order chi connectivity index (χ0) is 26.4. The van der Waals surface area contributed by atoms with Crippen LogP contribution in [-0.2, 0) is 4.79 Å². The quantitative estimate of drug-likeness (QED) is 0.117. The summed E-state index contributed by atoms with van der Waals surface area (Å²) in [5, 5.41) is 0. The zero-order valence-electron chi connectivity index (χ0n) is 21.8. The van der Waals surface area contributed by atoms with Gasteiger partial charge in [-0.25, -0.2) is 4.79 Å². The highest BCUT2D eigenvalue weighted by molar-refractivity contribution is 6.06. The predicted molar refractivity (Wildman–Crippen MR) is 155 cm³/mol. The van der Waals surface area contributed by atoms with Crippen LogP contribution in [0.2, 0.25) is 0 Å². The number of carbonyl (C=O) groups is 1. The van der Waals surface area contributed by atoms with Crippen molar-refractivity contribution >= 4 is 28.5 Å². The summed E-state index contributed by atoms with van der Waals surface area (Å²) < 4.78 is 5.84. The number of ether oxygens (including phenoxy) is 1. The topological polar surface area (TPSA) is 32.8 Å². The summed E-state index contributed by atoms with van der Waals surface area (Å²) in [7, 11) is 7.99. The van der Waals surface area contributed by atoms with Gasteiger partial charge in [0, 0.05) is 62.8 Å². The number of nitrogens with zero attached hydrogens (tertiary/aromatic N) is 2. The molecule has 0 saturated carbocycles. The first-order valence-electron chi connectivity index (χ1n) is 12.2. The van der Waals surface area contributed by atoms with Crippen molar-refractivity contribution in [3.63, 3.8) is 0 Å². The van der Waals surface area contributed by atoms with Crippen LogP contribution in [0.4, 0.5) is 11.4 Å². The van der Waals surface area contributed by atoms with Gasteiger partial charge in [0.05, 0.1) is 0 Å². The number of carbonyl (C=O) groups excluding carboxylic acids is 1. The first-order valence-corrected chi connectivity index (χ1v) is 12.2. The molecule has 0 spiro atoms. The van der Waals surface area contributed by atoms with Crippen molar-refractivity contribution in [2.75, 3.05) is 38.0 Å². The van der Waals surface area contributed by atoms with Crippen LogP contribution >= 0.6 is 0 Å². The Balaban J connectivity index is 2.10. The maximum absolute atomic E-state index is 12.4. The van der Waals surface area contributed by atoms with Crippen molar-refractivity contribution in [2.24, 2.45) is 0 Å². The summed E-state index contributed by atoms with van der Waals surface area (Å²) in [5.74, 6) is -0.0190. The van der Waals surface area contributed by atoms with Crippen molar-refractivity contribution in [1.82, 2.24) is 0 Å². The van der Waals surface area contributed by atoms with E-state index in [-0.39, 0.29) is 0 Å². The first-order chi connectivity index (χ1) is 17.9. The van der Waals surface area contributed by atoms with E-state index in [1.165, 1.54) is 6.08 Å². The lowest BCUT2D eigenvalue weighted by atomic mass is 9.85. The molecule has 4 nitrogen and oxygen atoms in total. The SMILES string of the molecule is C=CC(=O)Oc1cc(N(C)C)ccc1/C(=C(/c1ccccc1)c1ccc(N(C)C)cc1)c1ccccc1. The number of rotatable bonds is 8. The maximum Gasteiger partial charge on any atom is 0.335 e. The van der Waals surface area contributed by atoms with Crippen LogP contribution in [0.5, 0.6) is 5.75 Å². The third-order valence-electron chi connectivity index (χ3n) is 6.18. The fourth-order valence-corrected chi connectivity index (χ4v) is 4.26. The molecular weight excluding hydrogens is 456 g/mol. The van der Waals surface area contributed by atoms with Crippen LogP contribution in [0.15, 0.2) is 116 Å². The molecule has 186 valence electrons. The van der Waals surface area contributed by atoms with Gasteiger partial charge in [-0.1, -0.05) is 79.4 Å². The van der Waals surface area contributed by atoms with Crippen LogP contribution in [0, 0.1) is 0 Å². The Morgan fingerprint density at radius 1 is 0.649 bits per heavy atom. The molecule has 0 bridgehead atoms. The normalized spacial score (nSPS) is 11.4. The highest BCUT2D eigenvalue weighted by Gasteiger charge is 2.21. The Hall–Kier alpha value is -4.57. The minimum absolute atomic E-state index is 0.480. The average molecular weight is 489 g/mol. The Bertz CT molecular complexity index is 1400. The Kier molecular flexibility index (Phi) is 7.89. The van der Waals surface area contributed by atoms with E-state index >= 15 is 0 Å². The third kappa shape index (κ3) is 5.81. The van der Waals surface area contributed by atoms with Gasteiger partial charge >= 0.3 is 5.97 Å². The molecule has 0 heterocycles. The van der Waals surface area contributed by atoms with E-state index in [4.69, 9.17) is 4.74 Å². The van der Waals surface area contributed by atoms with Gasteiger partial charge in [0.1, 0.15) is 5.75 Å². The largest absolute Gasteiger partial charge is 0.423 e. The average Bonchev–Trinajstić information content (AvgIpc) is 2.92. The van der Waals surface area contributed by atoms with Gasteiger partial charge in [-0.05, 0) is 46.5 Å². The van der Waals surface area contributed by atoms with Crippen LogP contribution in [0.25, 0.3) is 11.1 Å². The van der Waals surface area contributed by atoms with Crippen molar-refractivity contribution in [3.05, 3.63) is 138 Å². The van der Waals surface area contributed by atoms with Crippen molar-refractivity contribution < 1.29 is 9.53 Å². The highest BCUT2D eigenvalue weighted by atomic mass is 16.5. The second kappa shape index (κ2) is 11.4. The molecule has 0 saturated heterocycles. The summed E-state index contributed by atoms with van der Waals surface area (Å²) in [6.07, 6.45) is 1.19. The Morgan fingerprint density at radius 2 is 1.14 bits per heavy atom. The van der Waals surface area contributed by atoms with Crippen LogP contribution in [0.3, 0.4) is 0 Å². The van der Waals surface area contributed by atoms with Crippen molar-refractivity contribution in [1.29, 1.82) is 0 Å². The van der Waals surface area contributed by atoms with Gasteiger partial charge in [-0.3, -0.25) is 0 Å². The minimum atomic E-state index is -0.499. The van der Waals surface area contributed by atoms with E-state index in [1.54, 1.807) is 0 Å². The van der Waals surface area contributed by atoms with E-state index < -0.39 is 5.97 Å². The third-order valence-corrected chi connectivity index (χ3v) is 6.18. The second-order valence-electron chi connectivity index (χ2n) is 9.12. The molecule has 0 amide bonds. The molecule has 0 unspecified atom stereocenters. The number of esters is 1. The fraction of sp³-hybridized carbons (Fsp3) is 0.121. The Labute approximate surface area is 219 Å². The summed E-state index contributed by atoms with van der Waals surface area (Å²) in [6.45, 7) is 3.60. The number of anilines is 2. The molecule has 0 radical (unpaired) electrons. The molecule has 0 aliphatic heterocycles. The summed E-state index contributed by atoms with van der Waals surface area (Å²) in [5.41, 5.74) is 8.04. The summed E-state index contributed by atoms with van der Waals surface area (Å²) in [4.78, 5) is 16.5. The van der Waals surface area contributed by atoms with Gasteiger partial charge in [0.25, 0.3) is 0 Å². The van der Waals surface area contributed by atoms with Crippen LogP contribution in [0.1, 0.15) is 22.3 Å². The summed E-state index contributed by atoms with van der Waals surface area (Å²) >= 11 is 0. The molecular formula is C33H32N2O2. The van der Waals surface area contributed by atoms with E-state index in [2.05, 4.69) is 60.0 Å². The molecule has 0 aliphatic carbocycles. The van der Waals surface area contributed by atoms with Gasteiger partial charge in [0.2, 0.25) is 0 Å². The molecule has 4 aromatic carbocycles. The van der Waals surface area contributed by atoms with E-state index in [1.807, 2.05) is 87.7 Å². The standard InChI is InChI=1S/C33H32N2O2/c1-6-31(36)37-30-23-28(35(4)5)21-22-29(30)33(25-15-11-8-12-16-25)32(24-13-9-7-10-14-24)26-17-19-27(20-18-26)34(2)3/h6-23H,1H2,2-5H3/b33-32-. The van der Waals surface area contributed by atoms with Gasteiger partial charge in [-0.15, -0.1) is 0 Å². The maximum atomic E-state index is 12.4. The van der Waals surface area contributed by atoms with Crippen molar-refractivity contribution in [2.45, 2.75) is 0 Å². The van der Waals surface area contributed by atoms with E-state index in [0.717, 1.165) is 44.8 Å². The van der Waals surface area contributed by atoms with Crippen molar-refractivity contribution in [3.8, 4) is 5.75 Å². The number of hydrogen-bond donors (Lipinski definition) is 0. The number of benzene rings is 4. The molecule has 4 heteroatoms. The zero-order valence-corrected chi connectivity index (χ0v) is 21.8. The first kappa shape index (κ1) is 25.5. The molecule has 0 atom stereocenters. The molecule has 0 aromatic heterocycles. The lowest BCUT2D eigenvalue weighted by Gasteiger charge is -2.22. The molecule has 0 aliphatic rings. The van der Waals surface area contributed by atoms with Crippen LogP contribution in [-0.4, -0.2) is 34.2 Å². The minimum Gasteiger partial charge on any atom is -0.423 e. The highest BCUT2D eigenvalue weighted by Crippen LogP contribution is 2.41. The van der Waals surface area contributed by atoms with Gasteiger partial charge in [-0.2, -0.15) is 0 Å². The lowest BCUT2D eigenvalue weighted by Crippen LogP contribution is -2.11. The number of hydrogen-bond acceptors (Lipinski definition) is 4.